The number of aryl methyl sites for hydroxylation is 2. The quantitative estimate of drug-likeness (QED) is 0.807. The van der Waals surface area contributed by atoms with Crippen molar-refractivity contribution >= 4 is 11.6 Å². The Hall–Kier alpha value is -1.39. The number of nitrogens with one attached hydrogen (secondary N) is 1. The maximum Gasteiger partial charge on any atom is 0.238 e. The monoisotopic (exact) mass is 236 g/mol. The number of nitrogens with zero attached hydrogens (tertiary/aromatic N) is 1. The van der Waals surface area contributed by atoms with Gasteiger partial charge in [-0.05, 0) is 44.2 Å². The van der Waals surface area contributed by atoms with Gasteiger partial charge in [-0.15, -0.1) is 0 Å². The van der Waals surface area contributed by atoms with Crippen molar-refractivity contribution in [2.24, 2.45) is 0 Å². The van der Waals surface area contributed by atoms with Gasteiger partial charge in [-0.1, -0.05) is 6.07 Å². The molecule has 0 bridgehead atoms. The van der Waals surface area contributed by atoms with Gasteiger partial charge in [0.25, 0.3) is 0 Å². The van der Waals surface area contributed by atoms with E-state index >= 15 is 0 Å². The van der Waals surface area contributed by atoms with Crippen LogP contribution in [-0.2, 0) is 4.79 Å². The Morgan fingerprint density at radius 3 is 2.65 bits per heavy atom. The second-order valence-electron chi connectivity index (χ2n) is 4.31. The zero-order valence-electron chi connectivity index (χ0n) is 10.7. The summed E-state index contributed by atoms with van der Waals surface area (Å²) in [5, 5.41) is 11.6. The molecule has 1 amide bonds. The van der Waals surface area contributed by atoms with Gasteiger partial charge in [0.1, 0.15) is 0 Å². The van der Waals surface area contributed by atoms with Crippen molar-refractivity contribution in [2.75, 3.05) is 32.1 Å². The van der Waals surface area contributed by atoms with Gasteiger partial charge >= 0.3 is 0 Å². The highest BCUT2D eigenvalue weighted by molar-refractivity contribution is 5.92. The van der Waals surface area contributed by atoms with Crippen molar-refractivity contribution < 1.29 is 9.90 Å². The van der Waals surface area contributed by atoms with Crippen LogP contribution in [0.5, 0.6) is 0 Å². The van der Waals surface area contributed by atoms with E-state index in [1.54, 1.807) is 11.9 Å². The Labute approximate surface area is 102 Å². The molecule has 0 spiro atoms. The highest BCUT2D eigenvalue weighted by atomic mass is 16.3. The molecule has 0 unspecified atom stereocenters. The van der Waals surface area contributed by atoms with Crippen molar-refractivity contribution in [1.29, 1.82) is 0 Å². The molecule has 4 nitrogen and oxygen atoms in total. The largest absolute Gasteiger partial charge is 0.395 e. The Morgan fingerprint density at radius 2 is 2.06 bits per heavy atom. The number of aliphatic hydroxyl groups is 1. The van der Waals surface area contributed by atoms with Crippen LogP contribution in [0.4, 0.5) is 5.69 Å². The predicted molar refractivity (Wildman–Crippen MR) is 69.1 cm³/mol. The molecule has 17 heavy (non-hydrogen) atoms. The normalized spacial score (nSPS) is 10.6. The number of carbonyl (C=O) groups excluding carboxylic acids is 1. The van der Waals surface area contributed by atoms with E-state index in [-0.39, 0.29) is 19.1 Å². The molecule has 0 aromatic heterocycles. The zero-order chi connectivity index (χ0) is 12.8. The molecule has 0 aliphatic heterocycles. The van der Waals surface area contributed by atoms with Crippen LogP contribution in [0.2, 0.25) is 0 Å². The minimum Gasteiger partial charge on any atom is -0.395 e. The number of likely N-dealkylation sites (N-methyl/N-ethyl adjacent to an activating group) is 1. The highest BCUT2D eigenvalue weighted by Gasteiger charge is 2.06. The number of carbonyl (C=O) groups is 1. The van der Waals surface area contributed by atoms with Crippen LogP contribution in [-0.4, -0.2) is 42.7 Å². The number of benzene rings is 1. The number of hydrogen-bond donors (Lipinski definition) is 2. The lowest BCUT2D eigenvalue weighted by atomic mass is 10.1. The summed E-state index contributed by atoms with van der Waals surface area (Å²) in [5.41, 5.74) is 3.18. The molecule has 1 aromatic carbocycles. The van der Waals surface area contributed by atoms with Crippen molar-refractivity contribution in [2.45, 2.75) is 13.8 Å². The number of anilines is 1. The van der Waals surface area contributed by atoms with Crippen LogP contribution >= 0.6 is 0 Å². The summed E-state index contributed by atoms with van der Waals surface area (Å²) in [4.78, 5) is 13.4. The van der Waals surface area contributed by atoms with Gasteiger partial charge in [-0.2, -0.15) is 0 Å². The van der Waals surface area contributed by atoms with E-state index in [0.29, 0.717) is 6.54 Å². The van der Waals surface area contributed by atoms with E-state index in [1.165, 1.54) is 5.56 Å². The van der Waals surface area contributed by atoms with Crippen molar-refractivity contribution in [1.82, 2.24) is 4.90 Å². The second kappa shape index (κ2) is 6.37. The first-order valence-corrected chi connectivity index (χ1v) is 5.69. The summed E-state index contributed by atoms with van der Waals surface area (Å²) in [7, 11) is 1.80. The fourth-order valence-corrected chi connectivity index (χ4v) is 1.51. The molecule has 0 atom stereocenters. The van der Waals surface area contributed by atoms with Crippen molar-refractivity contribution in [3.05, 3.63) is 29.3 Å². The first kappa shape index (κ1) is 13.7. The van der Waals surface area contributed by atoms with E-state index < -0.39 is 0 Å². The molecule has 1 rings (SSSR count). The predicted octanol–water partition coefficient (Wildman–Crippen LogP) is 1.17. The van der Waals surface area contributed by atoms with E-state index in [4.69, 9.17) is 5.11 Å². The standard InChI is InChI=1S/C13H20N2O2/c1-10-4-5-12(8-11(10)2)14-13(17)9-15(3)6-7-16/h4-5,8,16H,6-7,9H2,1-3H3,(H,14,17). The van der Waals surface area contributed by atoms with Crippen LogP contribution in [0, 0.1) is 13.8 Å². The van der Waals surface area contributed by atoms with Crippen molar-refractivity contribution in [3.63, 3.8) is 0 Å². The molecule has 0 aliphatic carbocycles. The molecule has 0 saturated carbocycles. The summed E-state index contributed by atoms with van der Waals surface area (Å²) >= 11 is 0. The molecular formula is C13H20N2O2. The zero-order valence-corrected chi connectivity index (χ0v) is 10.7. The van der Waals surface area contributed by atoms with E-state index in [0.717, 1.165) is 11.3 Å². The number of amides is 1. The Balaban J connectivity index is 2.53. The fraction of sp³-hybridized carbons (Fsp3) is 0.462. The summed E-state index contributed by atoms with van der Waals surface area (Å²) in [6.07, 6.45) is 0. The van der Waals surface area contributed by atoms with Gasteiger partial charge < -0.3 is 10.4 Å². The van der Waals surface area contributed by atoms with Crippen LogP contribution in [0.15, 0.2) is 18.2 Å². The summed E-state index contributed by atoms with van der Waals surface area (Å²) in [5.74, 6) is -0.0656. The lowest BCUT2D eigenvalue weighted by Gasteiger charge is -2.15. The second-order valence-corrected chi connectivity index (χ2v) is 4.31. The Morgan fingerprint density at radius 1 is 1.35 bits per heavy atom. The fourth-order valence-electron chi connectivity index (χ4n) is 1.51. The molecule has 2 N–H and O–H groups in total. The number of aliphatic hydroxyl groups excluding tert-OH is 1. The van der Waals surface area contributed by atoms with Gasteiger partial charge in [0.15, 0.2) is 0 Å². The van der Waals surface area contributed by atoms with Gasteiger partial charge in [-0.25, -0.2) is 0 Å². The summed E-state index contributed by atoms with van der Waals surface area (Å²) in [6, 6.07) is 5.84. The van der Waals surface area contributed by atoms with Gasteiger partial charge in [-0.3, -0.25) is 9.69 Å². The molecule has 4 heteroatoms. The van der Waals surface area contributed by atoms with Crippen LogP contribution in [0.3, 0.4) is 0 Å². The van der Waals surface area contributed by atoms with Crippen LogP contribution in [0.1, 0.15) is 11.1 Å². The summed E-state index contributed by atoms with van der Waals surface area (Å²) in [6.45, 7) is 4.90. The number of hydrogen-bond acceptors (Lipinski definition) is 3. The molecule has 0 saturated heterocycles. The van der Waals surface area contributed by atoms with E-state index in [9.17, 15) is 4.79 Å². The molecule has 0 heterocycles. The third-order valence-electron chi connectivity index (χ3n) is 2.69. The Kier molecular flexibility index (Phi) is 5.12. The molecule has 0 fully saturated rings. The SMILES string of the molecule is Cc1ccc(NC(=O)CN(C)CCO)cc1C. The third kappa shape index (κ3) is 4.54. The average molecular weight is 236 g/mol. The lowest BCUT2D eigenvalue weighted by Crippen LogP contribution is -2.32. The number of rotatable bonds is 5. The average Bonchev–Trinajstić information content (AvgIpc) is 2.23. The van der Waals surface area contributed by atoms with Crippen LogP contribution in [0.25, 0.3) is 0 Å². The highest BCUT2D eigenvalue weighted by Crippen LogP contribution is 2.13. The third-order valence-corrected chi connectivity index (χ3v) is 2.69. The van der Waals surface area contributed by atoms with E-state index in [2.05, 4.69) is 5.32 Å². The Bertz CT molecular complexity index is 391. The maximum absolute atomic E-state index is 11.7. The van der Waals surface area contributed by atoms with E-state index in [1.807, 2.05) is 32.0 Å². The minimum absolute atomic E-state index is 0.0629. The maximum atomic E-state index is 11.7. The topological polar surface area (TPSA) is 52.6 Å². The molecule has 0 aliphatic rings. The van der Waals surface area contributed by atoms with Gasteiger partial charge in [0.05, 0.1) is 13.2 Å². The smallest absolute Gasteiger partial charge is 0.238 e. The van der Waals surface area contributed by atoms with Crippen molar-refractivity contribution in [3.8, 4) is 0 Å². The first-order valence-electron chi connectivity index (χ1n) is 5.69. The summed E-state index contributed by atoms with van der Waals surface area (Å²) < 4.78 is 0. The lowest BCUT2D eigenvalue weighted by molar-refractivity contribution is -0.117. The van der Waals surface area contributed by atoms with Crippen LogP contribution < -0.4 is 5.32 Å². The van der Waals surface area contributed by atoms with Gasteiger partial charge in [0.2, 0.25) is 5.91 Å². The first-order chi connectivity index (χ1) is 8.02. The molecule has 0 radical (unpaired) electrons. The minimum atomic E-state index is -0.0656. The molecule has 1 aromatic rings. The molecule has 94 valence electrons. The van der Waals surface area contributed by atoms with Gasteiger partial charge in [0, 0.05) is 12.2 Å². The molecular weight excluding hydrogens is 216 g/mol.